The van der Waals surface area contributed by atoms with Crippen molar-refractivity contribution in [1.82, 2.24) is 0 Å². The molecule has 0 aliphatic carbocycles. The van der Waals surface area contributed by atoms with Gasteiger partial charge in [-0.15, -0.1) is 0 Å². The van der Waals surface area contributed by atoms with E-state index in [1.165, 1.54) is 180 Å². The number of esters is 2. The van der Waals surface area contributed by atoms with Crippen LogP contribution in [0.15, 0.2) is 12.2 Å². The van der Waals surface area contributed by atoms with Crippen molar-refractivity contribution in [1.29, 1.82) is 0 Å². The Labute approximate surface area is 346 Å². The molecule has 56 heavy (non-hydrogen) atoms. The first-order chi connectivity index (χ1) is 27.3. The molecule has 0 aliphatic rings. The van der Waals surface area contributed by atoms with Gasteiger partial charge in [0.2, 0.25) is 0 Å². The van der Waals surface area contributed by atoms with Gasteiger partial charge >= 0.3 is 19.8 Å². The molecule has 0 amide bonds. The van der Waals surface area contributed by atoms with Crippen LogP contribution in [0.3, 0.4) is 0 Å². The molecule has 0 unspecified atom stereocenters. The van der Waals surface area contributed by atoms with Crippen LogP contribution in [0.25, 0.3) is 0 Å². The number of carbonyl (C=O) groups excluding carboxylic acids is 2. The normalized spacial score (nSPS) is 12.4. The van der Waals surface area contributed by atoms with Gasteiger partial charge in [0.05, 0.1) is 6.61 Å². The van der Waals surface area contributed by atoms with Crippen molar-refractivity contribution in [3.8, 4) is 0 Å². The fraction of sp³-hybridized carbons (Fsp3) is 0.915. The Bertz CT molecular complexity index is 920. The Morgan fingerprint density at radius 1 is 0.446 bits per heavy atom. The SMILES string of the molecule is CCCCCC/C=C/CCCCCCCCCC(=O)OC[C@H](COP(=O)(O)O)OC(=O)CCCCCCCCCCCCCCCCCCCCCCCCC. The van der Waals surface area contributed by atoms with Crippen LogP contribution in [0.1, 0.15) is 258 Å². The summed E-state index contributed by atoms with van der Waals surface area (Å²) in [4.78, 5) is 43.0. The minimum absolute atomic E-state index is 0.218. The van der Waals surface area contributed by atoms with Gasteiger partial charge < -0.3 is 19.3 Å². The summed E-state index contributed by atoms with van der Waals surface area (Å²) in [6.45, 7) is 3.71. The minimum atomic E-state index is -4.75. The van der Waals surface area contributed by atoms with E-state index >= 15 is 0 Å². The Balaban J connectivity index is 3.78. The number of hydrogen-bond donors (Lipinski definition) is 2. The average molecular weight is 815 g/mol. The molecule has 0 rings (SSSR count). The molecular formula is C47H91O8P. The van der Waals surface area contributed by atoms with Gasteiger partial charge in [0.25, 0.3) is 0 Å². The van der Waals surface area contributed by atoms with E-state index in [9.17, 15) is 14.2 Å². The van der Waals surface area contributed by atoms with E-state index < -0.39 is 32.5 Å². The van der Waals surface area contributed by atoms with Crippen LogP contribution < -0.4 is 0 Å². The van der Waals surface area contributed by atoms with Crippen molar-refractivity contribution in [2.45, 2.75) is 264 Å². The second-order valence-corrected chi connectivity index (χ2v) is 17.7. The molecule has 0 saturated heterocycles. The molecule has 2 N–H and O–H groups in total. The van der Waals surface area contributed by atoms with Crippen molar-refractivity contribution >= 4 is 19.8 Å². The number of allylic oxidation sites excluding steroid dienone is 2. The number of carbonyl (C=O) groups is 2. The zero-order valence-electron chi connectivity index (χ0n) is 36.8. The maximum Gasteiger partial charge on any atom is 0.469 e. The quantitative estimate of drug-likeness (QED) is 0.0270. The molecular weight excluding hydrogens is 723 g/mol. The van der Waals surface area contributed by atoms with Crippen LogP contribution in [-0.4, -0.2) is 41.0 Å². The third-order valence-electron chi connectivity index (χ3n) is 10.8. The fourth-order valence-corrected chi connectivity index (χ4v) is 7.55. The highest BCUT2D eigenvalue weighted by Crippen LogP contribution is 2.36. The molecule has 0 aromatic carbocycles. The maximum absolute atomic E-state index is 12.5. The molecule has 0 fully saturated rings. The molecule has 332 valence electrons. The Morgan fingerprint density at radius 3 is 1.11 bits per heavy atom. The molecule has 0 aliphatic heterocycles. The summed E-state index contributed by atoms with van der Waals surface area (Å²) in [7, 11) is -4.75. The summed E-state index contributed by atoms with van der Waals surface area (Å²) in [5.41, 5.74) is 0. The molecule has 0 radical (unpaired) electrons. The second kappa shape index (κ2) is 43.4. The highest BCUT2D eigenvalue weighted by atomic mass is 31.2. The molecule has 9 heteroatoms. The number of phosphoric acid groups is 1. The third kappa shape index (κ3) is 45.5. The summed E-state index contributed by atoms with van der Waals surface area (Å²) >= 11 is 0. The van der Waals surface area contributed by atoms with Crippen molar-refractivity contribution in [3.05, 3.63) is 12.2 Å². The molecule has 0 heterocycles. The van der Waals surface area contributed by atoms with Gasteiger partial charge in [-0.25, -0.2) is 4.57 Å². The van der Waals surface area contributed by atoms with Crippen LogP contribution in [0, 0.1) is 0 Å². The number of unbranched alkanes of at least 4 members (excludes halogenated alkanes) is 33. The number of hydrogen-bond acceptors (Lipinski definition) is 6. The zero-order chi connectivity index (χ0) is 41.1. The predicted octanol–water partition coefficient (Wildman–Crippen LogP) is 15.0. The highest BCUT2D eigenvalue weighted by molar-refractivity contribution is 7.46. The molecule has 0 bridgehead atoms. The van der Waals surface area contributed by atoms with Gasteiger partial charge in [0.1, 0.15) is 6.61 Å². The second-order valence-electron chi connectivity index (χ2n) is 16.4. The summed E-state index contributed by atoms with van der Waals surface area (Å²) in [5.74, 6) is -0.874. The smallest absolute Gasteiger partial charge is 0.462 e. The number of rotatable bonds is 45. The van der Waals surface area contributed by atoms with Crippen molar-refractivity contribution in [2.75, 3.05) is 13.2 Å². The molecule has 0 spiro atoms. The molecule has 0 aromatic heterocycles. The van der Waals surface area contributed by atoms with Crippen LogP contribution >= 0.6 is 7.82 Å². The summed E-state index contributed by atoms with van der Waals surface area (Å²) in [6.07, 6.45) is 49.4. The van der Waals surface area contributed by atoms with Crippen LogP contribution in [0.5, 0.6) is 0 Å². The Morgan fingerprint density at radius 2 is 0.750 bits per heavy atom. The summed E-state index contributed by atoms with van der Waals surface area (Å²) in [5, 5.41) is 0. The lowest BCUT2D eigenvalue weighted by Gasteiger charge is -2.18. The van der Waals surface area contributed by atoms with E-state index in [2.05, 4.69) is 30.5 Å². The molecule has 0 aromatic rings. The lowest BCUT2D eigenvalue weighted by atomic mass is 10.0. The maximum atomic E-state index is 12.5. The van der Waals surface area contributed by atoms with Crippen LogP contribution in [0.2, 0.25) is 0 Å². The van der Waals surface area contributed by atoms with Gasteiger partial charge in [-0.1, -0.05) is 219 Å². The van der Waals surface area contributed by atoms with Gasteiger partial charge in [-0.3, -0.25) is 14.1 Å². The molecule has 8 nitrogen and oxygen atoms in total. The van der Waals surface area contributed by atoms with E-state index in [0.29, 0.717) is 6.42 Å². The van der Waals surface area contributed by atoms with E-state index in [1.54, 1.807) is 0 Å². The van der Waals surface area contributed by atoms with Crippen molar-refractivity contribution in [2.24, 2.45) is 0 Å². The monoisotopic (exact) mass is 815 g/mol. The molecule has 1 atom stereocenters. The first kappa shape index (κ1) is 54.8. The third-order valence-corrected chi connectivity index (χ3v) is 11.3. The Kier molecular flexibility index (Phi) is 42.4. The molecule has 0 saturated carbocycles. The highest BCUT2D eigenvalue weighted by Gasteiger charge is 2.23. The topological polar surface area (TPSA) is 119 Å². The van der Waals surface area contributed by atoms with E-state index in [1.807, 2.05) is 0 Å². The largest absolute Gasteiger partial charge is 0.469 e. The van der Waals surface area contributed by atoms with E-state index in [-0.39, 0.29) is 19.4 Å². The number of ether oxygens (including phenoxy) is 2. The Hall–Kier alpha value is -1.21. The fourth-order valence-electron chi connectivity index (χ4n) is 7.19. The van der Waals surface area contributed by atoms with Crippen molar-refractivity contribution < 1.29 is 37.9 Å². The average Bonchev–Trinajstić information content (AvgIpc) is 3.17. The van der Waals surface area contributed by atoms with Crippen LogP contribution in [-0.2, 0) is 28.2 Å². The van der Waals surface area contributed by atoms with Gasteiger partial charge in [-0.05, 0) is 38.5 Å². The first-order valence-corrected chi connectivity index (χ1v) is 25.5. The van der Waals surface area contributed by atoms with Gasteiger partial charge in [0, 0.05) is 12.8 Å². The summed E-state index contributed by atoms with van der Waals surface area (Å²) < 4.78 is 26.5. The lowest BCUT2D eigenvalue weighted by Crippen LogP contribution is -2.29. The van der Waals surface area contributed by atoms with Crippen molar-refractivity contribution in [3.63, 3.8) is 0 Å². The zero-order valence-corrected chi connectivity index (χ0v) is 37.7. The predicted molar refractivity (Wildman–Crippen MR) is 235 cm³/mol. The van der Waals surface area contributed by atoms with E-state index in [4.69, 9.17) is 19.3 Å². The lowest BCUT2D eigenvalue weighted by molar-refractivity contribution is -0.161. The van der Waals surface area contributed by atoms with Crippen LogP contribution in [0.4, 0.5) is 0 Å². The minimum Gasteiger partial charge on any atom is -0.462 e. The summed E-state index contributed by atoms with van der Waals surface area (Å²) in [6, 6.07) is 0. The van der Waals surface area contributed by atoms with E-state index in [0.717, 1.165) is 44.9 Å². The standard InChI is InChI=1S/C47H91O8P/c1-3-5-7-9-11-13-15-17-19-20-21-22-23-24-25-26-28-30-32-34-36-38-40-42-47(49)55-45(44-54-56(50,51)52)43-53-46(48)41-39-37-35-33-31-29-27-18-16-14-12-10-8-6-4-2/h14,16,45H,3-13,15,17-44H2,1-2H3,(H2,50,51,52)/b16-14+/t45-/m1/s1. The van der Waals surface area contributed by atoms with Gasteiger partial charge in [-0.2, -0.15) is 0 Å². The number of phosphoric ester groups is 1. The first-order valence-electron chi connectivity index (χ1n) is 24.0. The van der Waals surface area contributed by atoms with Gasteiger partial charge in [0.15, 0.2) is 6.10 Å².